The van der Waals surface area contributed by atoms with Crippen LogP contribution >= 0.6 is 11.3 Å². The van der Waals surface area contributed by atoms with Crippen molar-refractivity contribution in [2.24, 2.45) is 0 Å². The van der Waals surface area contributed by atoms with Gasteiger partial charge < -0.3 is 9.63 Å². The van der Waals surface area contributed by atoms with Gasteiger partial charge in [0, 0.05) is 19.2 Å². The van der Waals surface area contributed by atoms with Crippen molar-refractivity contribution >= 4 is 11.3 Å². The highest BCUT2D eigenvalue weighted by atomic mass is 32.1. The highest BCUT2D eigenvalue weighted by Crippen LogP contribution is 2.25. The number of rotatable bonds is 8. The van der Waals surface area contributed by atoms with Crippen LogP contribution in [0.3, 0.4) is 0 Å². The molecule has 2 aromatic rings. The molecule has 0 aliphatic heterocycles. The summed E-state index contributed by atoms with van der Waals surface area (Å²) in [5, 5.41) is 15.2. The Balaban J connectivity index is 1.97. The molecule has 0 atom stereocenters. The van der Waals surface area contributed by atoms with E-state index in [-0.39, 0.29) is 6.61 Å². The molecule has 2 rings (SSSR count). The number of hydrogen-bond acceptors (Lipinski definition) is 5. The zero-order valence-corrected chi connectivity index (χ0v) is 12.0. The van der Waals surface area contributed by atoms with Crippen LogP contribution in [0, 0.1) is 0 Å². The van der Waals surface area contributed by atoms with Crippen molar-refractivity contribution in [2.45, 2.75) is 26.3 Å². The zero-order valence-electron chi connectivity index (χ0n) is 11.2. The number of aliphatic hydroxyl groups is 1. The van der Waals surface area contributed by atoms with E-state index in [0.29, 0.717) is 6.54 Å². The molecular formula is C14H20N2O2S. The summed E-state index contributed by atoms with van der Waals surface area (Å²) in [5.74, 6) is 0.824. The molecule has 0 spiro atoms. The second kappa shape index (κ2) is 7.43. The summed E-state index contributed by atoms with van der Waals surface area (Å²) in [6.45, 7) is 4.75. The van der Waals surface area contributed by atoms with Gasteiger partial charge in [0.1, 0.15) is 0 Å². The van der Waals surface area contributed by atoms with Gasteiger partial charge in [0.2, 0.25) is 0 Å². The molecule has 0 saturated heterocycles. The molecule has 104 valence electrons. The Morgan fingerprint density at radius 3 is 3.00 bits per heavy atom. The van der Waals surface area contributed by atoms with E-state index in [9.17, 15) is 0 Å². The van der Waals surface area contributed by atoms with E-state index in [4.69, 9.17) is 9.63 Å². The van der Waals surface area contributed by atoms with Crippen molar-refractivity contribution in [3.8, 4) is 10.6 Å². The van der Waals surface area contributed by atoms with Crippen LogP contribution in [0.5, 0.6) is 0 Å². The molecule has 0 aromatic carbocycles. The second-order valence-corrected chi connectivity index (χ2v) is 5.46. The summed E-state index contributed by atoms with van der Waals surface area (Å²) in [5.41, 5.74) is 0.924. The molecule has 5 heteroatoms. The molecule has 0 saturated carbocycles. The van der Waals surface area contributed by atoms with Crippen LogP contribution in [0.2, 0.25) is 0 Å². The maximum Gasteiger partial charge on any atom is 0.177 e. The minimum atomic E-state index is 0.180. The highest BCUT2D eigenvalue weighted by molar-refractivity contribution is 7.13. The SMILES string of the molecule is CCCCN(CCO)Cc1cc(-c2cccs2)on1. The third-order valence-electron chi connectivity index (χ3n) is 2.95. The lowest BCUT2D eigenvalue weighted by Crippen LogP contribution is -2.27. The van der Waals surface area contributed by atoms with E-state index >= 15 is 0 Å². The Morgan fingerprint density at radius 1 is 1.42 bits per heavy atom. The number of unbranched alkanes of at least 4 members (excludes halogenated alkanes) is 1. The van der Waals surface area contributed by atoms with Gasteiger partial charge in [0.05, 0.1) is 17.2 Å². The van der Waals surface area contributed by atoms with Crippen molar-refractivity contribution in [3.05, 3.63) is 29.3 Å². The Bertz CT molecular complexity index is 468. The quantitative estimate of drug-likeness (QED) is 0.807. The lowest BCUT2D eigenvalue weighted by molar-refractivity contribution is 0.185. The minimum absolute atomic E-state index is 0.180. The number of aliphatic hydroxyl groups excluding tert-OH is 1. The first kappa shape index (κ1) is 14.2. The number of aromatic nitrogens is 1. The lowest BCUT2D eigenvalue weighted by Gasteiger charge is -2.19. The van der Waals surface area contributed by atoms with Crippen molar-refractivity contribution in [1.82, 2.24) is 10.1 Å². The molecule has 19 heavy (non-hydrogen) atoms. The normalized spacial score (nSPS) is 11.3. The average molecular weight is 280 g/mol. The molecule has 2 aromatic heterocycles. The Hall–Kier alpha value is -1.17. The Labute approximate surface area is 117 Å². The fourth-order valence-corrected chi connectivity index (χ4v) is 2.62. The van der Waals surface area contributed by atoms with Gasteiger partial charge in [0.15, 0.2) is 5.76 Å². The van der Waals surface area contributed by atoms with E-state index in [1.165, 1.54) is 0 Å². The van der Waals surface area contributed by atoms with Crippen molar-refractivity contribution in [1.29, 1.82) is 0 Å². The van der Waals surface area contributed by atoms with Crippen molar-refractivity contribution in [2.75, 3.05) is 19.7 Å². The summed E-state index contributed by atoms with van der Waals surface area (Å²) < 4.78 is 5.36. The van der Waals surface area contributed by atoms with Crippen molar-refractivity contribution < 1.29 is 9.63 Å². The summed E-state index contributed by atoms with van der Waals surface area (Å²) >= 11 is 1.65. The summed E-state index contributed by atoms with van der Waals surface area (Å²) in [7, 11) is 0. The van der Waals surface area contributed by atoms with Crippen LogP contribution in [-0.4, -0.2) is 34.9 Å². The maximum absolute atomic E-state index is 9.09. The van der Waals surface area contributed by atoms with E-state index in [1.54, 1.807) is 11.3 Å². The molecule has 0 fully saturated rings. The average Bonchev–Trinajstić information content (AvgIpc) is 3.06. The first-order chi connectivity index (χ1) is 9.33. The standard InChI is InChI=1S/C14H20N2O2S/c1-2-3-6-16(7-8-17)11-12-10-13(18-15-12)14-5-4-9-19-14/h4-5,9-10,17H,2-3,6-8,11H2,1H3. The smallest absolute Gasteiger partial charge is 0.177 e. The van der Waals surface area contributed by atoms with Crippen LogP contribution < -0.4 is 0 Å². The topological polar surface area (TPSA) is 49.5 Å². The third kappa shape index (κ3) is 4.16. The molecule has 0 amide bonds. The predicted molar refractivity (Wildman–Crippen MR) is 77.1 cm³/mol. The van der Waals surface area contributed by atoms with Crippen LogP contribution in [0.1, 0.15) is 25.5 Å². The fourth-order valence-electron chi connectivity index (χ4n) is 1.94. The van der Waals surface area contributed by atoms with Gasteiger partial charge in [0.25, 0.3) is 0 Å². The molecule has 1 N–H and O–H groups in total. The minimum Gasteiger partial charge on any atom is -0.395 e. The van der Waals surface area contributed by atoms with E-state index in [1.807, 2.05) is 23.6 Å². The molecule has 0 radical (unpaired) electrons. The molecule has 2 heterocycles. The van der Waals surface area contributed by atoms with E-state index in [0.717, 1.165) is 42.3 Å². The first-order valence-electron chi connectivity index (χ1n) is 6.66. The molecule has 0 unspecified atom stereocenters. The largest absolute Gasteiger partial charge is 0.395 e. The summed E-state index contributed by atoms with van der Waals surface area (Å²) in [6, 6.07) is 6.02. The van der Waals surface area contributed by atoms with Crippen LogP contribution in [0.15, 0.2) is 28.1 Å². The number of nitrogens with zero attached hydrogens (tertiary/aromatic N) is 2. The van der Waals surface area contributed by atoms with E-state index < -0.39 is 0 Å². The van der Waals surface area contributed by atoms with Gasteiger partial charge in [-0.1, -0.05) is 24.6 Å². The lowest BCUT2D eigenvalue weighted by atomic mass is 10.2. The molecular weight excluding hydrogens is 260 g/mol. The molecule has 4 nitrogen and oxygen atoms in total. The Morgan fingerprint density at radius 2 is 2.32 bits per heavy atom. The highest BCUT2D eigenvalue weighted by Gasteiger charge is 2.11. The molecule has 0 aliphatic rings. The van der Waals surface area contributed by atoms with Gasteiger partial charge in [-0.25, -0.2) is 0 Å². The Kier molecular flexibility index (Phi) is 5.57. The van der Waals surface area contributed by atoms with Crippen LogP contribution in [0.25, 0.3) is 10.6 Å². The van der Waals surface area contributed by atoms with Crippen molar-refractivity contribution in [3.63, 3.8) is 0 Å². The van der Waals surface area contributed by atoms with Gasteiger partial charge >= 0.3 is 0 Å². The maximum atomic E-state index is 9.09. The predicted octanol–water partition coefficient (Wildman–Crippen LogP) is 3.00. The number of thiophene rings is 1. The molecule has 0 aliphatic carbocycles. The summed E-state index contributed by atoms with van der Waals surface area (Å²) in [6.07, 6.45) is 2.29. The van der Waals surface area contributed by atoms with Crippen LogP contribution in [-0.2, 0) is 6.54 Å². The van der Waals surface area contributed by atoms with Gasteiger partial charge in [-0.3, -0.25) is 4.90 Å². The monoisotopic (exact) mass is 280 g/mol. The third-order valence-corrected chi connectivity index (χ3v) is 3.84. The zero-order chi connectivity index (χ0) is 13.5. The fraction of sp³-hybridized carbons (Fsp3) is 0.500. The number of hydrogen-bond donors (Lipinski definition) is 1. The van der Waals surface area contributed by atoms with Gasteiger partial charge in [-0.2, -0.15) is 0 Å². The van der Waals surface area contributed by atoms with Crippen LogP contribution in [0.4, 0.5) is 0 Å². The molecule has 0 bridgehead atoms. The first-order valence-corrected chi connectivity index (χ1v) is 7.54. The van der Waals surface area contributed by atoms with Gasteiger partial charge in [-0.05, 0) is 24.4 Å². The van der Waals surface area contributed by atoms with Gasteiger partial charge in [-0.15, -0.1) is 11.3 Å². The summed E-state index contributed by atoms with van der Waals surface area (Å²) in [4.78, 5) is 3.31. The van der Waals surface area contributed by atoms with E-state index in [2.05, 4.69) is 17.0 Å². The second-order valence-electron chi connectivity index (χ2n) is 4.51.